The highest BCUT2D eigenvalue weighted by Crippen LogP contribution is 2.31. The fourth-order valence-corrected chi connectivity index (χ4v) is 4.07. The van der Waals surface area contributed by atoms with Gasteiger partial charge in [0.1, 0.15) is 5.56 Å². The van der Waals surface area contributed by atoms with Crippen LogP contribution in [-0.2, 0) is 6.42 Å². The number of amides is 1. The predicted octanol–water partition coefficient (Wildman–Crippen LogP) is 4.09. The number of carbonyl (C=O) groups excluding carboxylic acids is 1. The molecule has 0 saturated carbocycles. The van der Waals surface area contributed by atoms with Gasteiger partial charge in [0.2, 0.25) is 5.43 Å². The Hall–Kier alpha value is -2.53. The lowest BCUT2D eigenvalue weighted by atomic mass is 10.1. The average Bonchev–Trinajstić information content (AvgIpc) is 2.94. The molecule has 25 heavy (non-hydrogen) atoms. The van der Waals surface area contributed by atoms with Gasteiger partial charge in [0.15, 0.2) is 0 Å². The maximum absolute atomic E-state index is 12.9. The first-order valence-corrected chi connectivity index (χ1v) is 9.43. The SMILES string of the molecule is CSc1ccccc1NC(=O)c1cn2c3c(cccc3c1=O)C[C@@H]2C. The van der Waals surface area contributed by atoms with Gasteiger partial charge in [-0.05, 0) is 43.4 Å². The van der Waals surface area contributed by atoms with Crippen LogP contribution in [0, 0.1) is 0 Å². The fourth-order valence-electron chi connectivity index (χ4n) is 3.52. The molecular weight excluding hydrogens is 332 g/mol. The number of carbonyl (C=O) groups is 1. The van der Waals surface area contributed by atoms with E-state index in [0.717, 1.165) is 22.5 Å². The standard InChI is InChI=1S/C20H18N2O2S/c1-12-10-13-6-5-7-14-18(13)22(12)11-15(19(14)23)20(24)21-16-8-3-4-9-17(16)25-2/h3-9,11-12H,10H2,1-2H3,(H,21,24)/t12-/m0/s1. The number of benzene rings is 2. The maximum atomic E-state index is 12.9. The quantitative estimate of drug-likeness (QED) is 0.724. The Morgan fingerprint density at radius 1 is 1.20 bits per heavy atom. The van der Waals surface area contributed by atoms with Gasteiger partial charge < -0.3 is 9.88 Å². The van der Waals surface area contributed by atoms with Crippen LogP contribution in [0.25, 0.3) is 10.9 Å². The molecule has 1 aliphatic heterocycles. The van der Waals surface area contributed by atoms with Crippen molar-refractivity contribution in [3.05, 3.63) is 70.0 Å². The minimum Gasteiger partial charge on any atom is -0.343 e. The zero-order chi connectivity index (χ0) is 17.6. The van der Waals surface area contributed by atoms with Gasteiger partial charge in [-0.1, -0.05) is 24.3 Å². The fraction of sp³-hybridized carbons (Fsp3) is 0.200. The number of hydrogen-bond donors (Lipinski definition) is 1. The van der Waals surface area contributed by atoms with E-state index in [9.17, 15) is 9.59 Å². The Morgan fingerprint density at radius 2 is 2.00 bits per heavy atom. The molecule has 0 unspecified atom stereocenters. The van der Waals surface area contributed by atoms with Crippen molar-refractivity contribution in [3.63, 3.8) is 0 Å². The van der Waals surface area contributed by atoms with Crippen molar-refractivity contribution < 1.29 is 4.79 Å². The van der Waals surface area contributed by atoms with Crippen LogP contribution in [0.15, 0.2) is 58.4 Å². The number of pyridine rings is 1. The average molecular weight is 350 g/mol. The molecule has 0 saturated heterocycles. The first kappa shape index (κ1) is 16.0. The van der Waals surface area contributed by atoms with Crippen LogP contribution in [0.1, 0.15) is 28.9 Å². The summed E-state index contributed by atoms with van der Waals surface area (Å²) in [4.78, 5) is 26.6. The van der Waals surface area contributed by atoms with Crippen molar-refractivity contribution in [1.82, 2.24) is 4.57 Å². The predicted molar refractivity (Wildman–Crippen MR) is 103 cm³/mol. The number of nitrogens with one attached hydrogen (secondary N) is 1. The summed E-state index contributed by atoms with van der Waals surface area (Å²) < 4.78 is 2.06. The number of rotatable bonds is 3. The molecule has 1 aliphatic rings. The van der Waals surface area contributed by atoms with Crippen LogP contribution in [-0.4, -0.2) is 16.7 Å². The second kappa shape index (κ2) is 6.08. The van der Waals surface area contributed by atoms with Gasteiger partial charge in [-0.25, -0.2) is 0 Å². The molecule has 0 spiro atoms. The Balaban J connectivity index is 1.82. The van der Waals surface area contributed by atoms with Crippen molar-refractivity contribution in [1.29, 1.82) is 0 Å². The van der Waals surface area contributed by atoms with Crippen LogP contribution in [0.4, 0.5) is 5.69 Å². The van der Waals surface area contributed by atoms with E-state index in [2.05, 4.69) is 22.9 Å². The first-order chi connectivity index (χ1) is 12.1. The van der Waals surface area contributed by atoms with E-state index in [1.807, 2.05) is 42.7 Å². The highest BCUT2D eigenvalue weighted by Gasteiger charge is 2.24. The van der Waals surface area contributed by atoms with Gasteiger partial charge in [0.05, 0.1) is 11.2 Å². The molecule has 0 radical (unpaired) electrons. The second-order valence-electron chi connectivity index (χ2n) is 6.30. The van der Waals surface area contributed by atoms with Crippen LogP contribution >= 0.6 is 11.8 Å². The first-order valence-electron chi connectivity index (χ1n) is 8.21. The van der Waals surface area contributed by atoms with Gasteiger partial charge in [-0.2, -0.15) is 0 Å². The minimum absolute atomic E-state index is 0.189. The van der Waals surface area contributed by atoms with Gasteiger partial charge in [0.25, 0.3) is 5.91 Å². The Kier molecular flexibility index (Phi) is 3.88. The molecule has 0 fully saturated rings. The molecule has 3 aromatic rings. The van der Waals surface area contributed by atoms with Crippen LogP contribution in [0.2, 0.25) is 0 Å². The number of aromatic nitrogens is 1. The summed E-state index contributed by atoms with van der Waals surface area (Å²) in [5.41, 5.74) is 2.83. The van der Waals surface area contributed by atoms with Crippen molar-refractivity contribution in [2.45, 2.75) is 24.3 Å². The van der Waals surface area contributed by atoms with E-state index in [1.165, 1.54) is 5.56 Å². The molecular formula is C20H18N2O2S. The highest BCUT2D eigenvalue weighted by molar-refractivity contribution is 7.98. The van der Waals surface area contributed by atoms with Crippen LogP contribution < -0.4 is 10.7 Å². The van der Waals surface area contributed by atoms with E-state index in [4.69, 9.17) is 0 Å². The second-order valence-corrected chi connectivity index (χ2v) is 7.15. The van der Waals surface area contributed by atoms with Gasteiger partial charge in [-0.15, -0.1) is 11.8 Å². The molecule has 4 rings (SSSR count). The lowest BCUT2D eigenvalue weighted by molar-refractivity contribution is 0.102. The lowest BCUT2D eigenvalue weighted by Crippen LogP contribution is -2.24. The van der Waals surface area contributed by atoms with E-state index in [0.29, 0.717) is 5.39 Å². The van der Waals surface area contributed by atoms with E-state index in [1.54, 1.807) is 18.0 Å². The van der Waals surface area contributed by atoms with Crippen molar-refractivity contribution >= 4 is 34.3 Å². The molecule has 0 bridgehead atoms. The number of anilines is 1. The Bertz CT molecular complexity index is 1060. The number of hydrogen-bond acceptors (Lipinski definition) is 3. The molecule has 0 aliphatic carbocycles. The van der Waals surface area contributed by atoms with E-state index < -0.39 is 0 Å². The number of para-hydroxylation sites is 2. The van der Waals surface area contributed by atoms with Gasteiger partial charge in [0, 0.05) is 22.5 Å². The van der Waals surface area contributed by atoms with Gasteiger partial charge >= 0.3 is 0 Å². The van der Waals surface area contributed by atoms with Crippen LogP contribution in [0.3, 0.4) is 0 Å². The van der Waals surface area contributed by atoms with E-state index in [-0.39, 0.29) is 22.9 Å². The lowest BCUT2D eigenvalue weighted by Gasteiger charge is -2.13. The third kappa shape index (κ3) is 2.55. The summed E-state index contributed by atoms with van der Waals surface area (Å²) in [6.45, 7) is 2.11. The summed E-state index contributed by atoms with van der Waals surface area (Å²) in [6.07, 6.45) is 4.56. The van der Waals surface area contributed by atoms with E-state index >= 15 is 0 Å². The summed E-state index contributed by atoms with van der Waals surface area (Å²) in [6, 6.07) is 13.6. The summed E-state index contributed by atoms with van der Waals surface area (Å²) in [5.74, 6) is -0.360. The molecule has 1 atom stereocenters. The van der Waals surface area contributed by atoms with Crippen molar-refractivity contribution in [3.8, 4) is 0 Å². The normalized spacial score (nSPS) is 15.5. The molecule has 2 aromatic carbocycles. The van der Waals surface area contributed by atoms with Gasteiger partial charge in [-0.3, -0.25) is 9.59 Å². The topological polar surface area (TPSA) is 51.1 Å². The summed E-state index contributed by atoms with van der Waals surface area (Å²) >= 11 is 1.56. The summed E-state index contributed by atoms with van der Waals surface area (Å²) in [7, 11) is 0. The molecule has 1 amide bonds. The molecule has 4 nitrogen and oxygen atoms in total. The van der Waals surface area contributed by atoms with Crippen LogP contribution in [0.5, 0.6) is 0 Å². The third-order valence-electron chi connectivity index (χ3n) is 4.73. The largest absolute Gasteiger partial charge is 0.343 e. The Morgan fingerprint density at radius 3 is 2.80 bits per heavy atom. The molecule has 1 aromatic heterocycles. The number of thioether (sulfide) groups is 1. The minimum atomic E-state index is -0.360. The zero-order valence-electron chi connectivity index (χ0n) is 14.1. The number of nitrogens with zero attached hydrogens (tertiary/aromatic N) is 1. The molecule has 5 heteroatoms. The van der Waals surface area contributed by atoms with Crippen molar-refractivity contribution in [2.24, 2.45) is 0 Å². The molecule has 126 valence electrons. The smallest absolute Gasteiger partial charge is 0.261 e. The maximum Gasteiger partial charge on any atom is 0.261 e. The zero-order valence-corrected chi connectivity index (χ0v) is 14.9. The third-order valence-corrected chi connectivity index (χ3v) is 5.52. The molecule has 2 heterocycles. The molecule has 1 N–H and O–H groups in total. The Labute approximate surface area is 149 Å². The monoisotopic (exact) mass is 350 g/mol. The van der Waals surface area contributed by atoms with Crippen molar-refractivity contribution in [2.75, 3.05) is 11.6 Å². The highest BCUT2D eigenvalue weighted by atomic mass is 32.2. The summed E-state index contributed by atoms with van der Waals surface area (Å²) in [5, 5.41) is 3.51.